The standard InChI is InChI=1S/C14H17ClN2O2S2/c1-14(2,13-4-3-7-20-13)9-17-21(18,19)12-8-10(15)5-6-11(12)16/h3-8,17H,9,16H2,1-2H3. The number of sulfonamides is 1. The number of nitrogen functional groups attached to an aromatic ring is 1. The molecule has 0 aliphatic heterocycles. The first-order valence-corrected chi connectivity index (χ1v) is 9.05. The fourth-order valence-electron chi connectivity index (χ4n) is 1.84. The van der Waals surface area contributed by atoms with E-state index in [0.717, 1.165) is 4.88 Å². The minimum Gasteiger partial charge on any atom is -0.398 e. The van der Waals surface area contributed by atoms with E-state index in [1.165, 1.54) is 12.1 Å². The summed E-state index contributed by atoms with van der Waals surface area (Å²) >= 11 is 7.45. The maximum atomic E-state index is 12.4. The fraction of sp³-hybridized carbons (Fsp3) is 0.286. The molecule has 114 valence electrons. The van der Waals surface area contributed by atoms with Gasteiger partial charge in [-0.25, -0.2) is 13.1 Å². The van der Waals surface area contributed by atoms with Gasteiger partial charge < -0.3 is 5.73 Å². The largest absolute Gasteiger partial charge is 0.398 e. The van der Waals surface area contributed by atoms with E-state index < -0.39 is 10.0 Å². The Hall–Kier alpha value is -1.08. The Balaban J connectivity index is 2.21. The molecule has 0 atom stereocenters. The Morgan fingerprint density at radius 1 is 1.33 bits per heavy atom. The van der Waals surface area contributed by atoms with Gasteiger partial charge in [-0.05, 0) is 29.6 Å². The topological polar surface area (TPSA) is 72.2 Å². The first-order chi connectivity index (χ1) is 9.72. The van der Waals surface area contributed by atoms with E-state index >= 15 is 0 Å². The van der Waals surface area contributed by atoms with Crippen molar-refractivity contribution in [3.8, 4) is 0 Å². The zero-order valence-electron chi connectivity index (χ0n) is 11.8. The van der Waals surface area contributed by atoms with Crippen LogP contribution in [0.4, 0.5) is 5.69 Å². The number of thiophene rings is 1. The van der Waals surface area contributed by atoms with Crippen LogP contribution in [0.1, 0.15) is 18.7 Å². The van der Waals surface area contributed by atoms with Crippen LogP contribution in [0.5, 0.6) is 0 Å². The molecular weight excluding hydrogens is 328 g/mol. The number of rotatable bonds is 5. The lowest BCUT2D eigenvalue weighted by molar-refractivity contribution is 0.509. The summed E-state index contributed by atoms with van der Waals surface area (Å²) in [5, 5.41) is 2.31. The third kappa shape index (κ3) is 3.77. The predicted molar refractivity (Wildman–Crippen MR) is 88.4 cm³/mol. The molecule has 21 heavy (non-hydrogen) atoms. The fourth-order valence-corrected chi connectivity index (χ4v) is 4.30. The highest BCUT2D eigenvalue weighted by Crippen LogP contribution is 2.28. The number of anilines is 1. The summed E-state index contributed by atoms with van der Waals surface area (Å²) in [7, 11) is -3.69. The quantitative estimate of drug-likeness (QED) is 0.818. The lowest BCUT2D eigenvalue weighted by atomic mass is 9.92. The van der Waals surface area contributed by atoms with Gasteiger partial charge in [0.25, 0.3) is 0 Å². The Morgan fingerprint density at radius 2 is 2.05 bits per heavy atom. The molecule has 3 N–H and O–H groups in total. The molecule has 2 aromatic rings. The molecule has 0 aliphatic rings. The van der Waals surface area contributed by atoms with Crippen LogP contribution >= 0.6 is 22.9 Å². The maximum Gasteiger partial charge on any atom is 0.242 e. The van der Waals surface area contributed by atoms with Gasteiger partial charge in [-0.3, -0.25) is 0 Å². The smallest absolute Gasteiger partial charge is 0.242 e. The van der Waals surface area contributed by atoms with Gasteiger partial charge in [0.1, 0.15) is 4.90 Å². The molecule has 0 aliphatic carbocycles. The van der Waals surface area contributed by atoms with Crippen LogP contribution in [0.2, 0.25) is 5.02 Å². The van der Waals surface area contributed by atoms with Gasteiger partial charge in [-0.15, -0.1) is 11.3 Å². The van der Waals surface area contributed by atoms with E-state index in [2.05, 4.69) is 4.72 Å². The van der Waals surface area contributed by atoms with Gasteiger partial charge in [0.15, 0.2) is 0 Å². The third-order valence-electron chi connectivity index (χ3n) is 3.16. The Morgan fingerprint density at radius 3 is 2.67 bits per heavy atom. The van der Waals surface area contributed by atoms with Crippen LogP contribution < -0.4 is 10.5 Å². The van der Waals surface area contributed by atoms with Crippen LogP contribution in [0.3, 0.4) is 0 Å². The van der Waals surface area contributed by atoms with Crippen molar-refractivity contribution in [2.45, 2.75) is 24.2 Å². The molecule has 4 nitrogen and oxygen atoms in total. The molecule has 0 spiro atoms. The number of hydrogen-bond donors (Lipinski definition) is 2. The van der Waals surface area contributed by atoms with Crippen molar-refractivity contribution in [3.05, 3.63) is 45.6 Å². The monoisotopic (exact) mass is 344 g/mol. The molecule has 2 rings (SSSR count). The zero-order chi connectivity index (χ0) is 15.7. The minimum atomic E-state index is -3.69. The van der Waals surface area contributed by atoms with E-state index in [1.54, 1.807) is 17.4 Å². The highest BCUT2D eigenvalue weighted by atomic mass is 35.5. The van der Waals surface area contributed by atoms with E-state index in [1.807, 2.05) is 31.4 Å². The lowest BCUT2D eigenvalue weighted by Gasteiger charge is -2.23. The highest BCUT2D eigenvalue weighted by Gasteiger charge is 2.26. The predicted octanol–water partition coefficient (Wildman–Crippen LogP) is 3.24. The second-order valence-electron chi connectivity index (χ2n) is 5.37. The number of nitrogens with two attached hydrogens (primary N) is 1. The summed E-state index contributed by atoms with van der Waals surface area (Å²) < 4.78 is 27.4. The average Bonchev–Trinajstić information content (AvgIpc) is 2.94. The highest BCUT2D eigenvalue weighted by molar-refractivity contribution is 7.89. The van der Waals surface area contributed by atoms with Crippen molar-refractivity contribution < 1.29 is 8.42 Å². The normalized spacial score (nSPS) is 12.5. The Kier molecular flexibility index (Phi) is 4.63. The lowest BCUT2D eigenvalue weighted by Crippen LogP contribution is -2.36. The summed E-state index contributed by atoms with van der Waals surface area (Å²) in [6, 6.07) is 8.35. The third-order valence-corrected chi connectivity index (χ3v) is 6.09. The molecule has 0 saturated heterocycles. The number of benzene rings is 1. The van der Waals surface area contributed by atoms with Crippen molar-refractivity contribution >= 4 is 38.6 Å². The van der Waals surface area contributed by atoms with Crippen molar-refractivity contribution in [3.63, 3.8) is 0 Å². The molecular formula is C14H17ClN2O2S2. The summed E-state index contributed by atoms with van der Waals surface area (Å²) in [5.74, 6) is 0. The molecule has 0 unspecified atom stereocenters. The Labute approximate surface area is 134 Å². The number of nitrogens with one attached hydrogen (secondary N) is 1. The average molecular weight is 345 g/mol. The zero-order valence-corrected chi connectivity index (χ0v) is 14.1. The molecule has 7 heteroatoms. The van der Waals surface area contributed by atoms with Crippen LogP contribution in [-0.2, 0) is 15.4 Å². The SMILES string of the molecule is CC(C)(CNS(=O)(=O)c1cc(Cl)ccc1N)c1cccs1. The van der Waals surface area contributed by atoms with Crippen molar-refractivity contribution in [2.75, 3.05) is 12.3 Å². The Bertz CT molecular complexity index is 725. The van der Waals surface area contributed by atoms with E-state index in [0.29, 0.717) is 5.02 Å². The van der Waals surface area contributed by atoms with Crippen molar-refractivity contribution in [2.24, 2.45) is 0 Å². The molecule has 0 amide bonds. The minimum absolute atomic E-state index is 0.0111. The second-order valence-corrected chi connectivity index (χ2v) is 8.49. The molecule has 1 heterocycles. The van der Waals surface area contributed by atoms with Crippen molar-refractivity contribution in [1.82, 2.24) is 4.72 Å². The first-order valence-electron chi connectivity index (χ1n) is 6.31. The van der Waals surface area contributed by atoms with Gasteiger partial charge in [-0.2, -0.15) is 0 Å². The molecule has 0 fully saturated rings. The second kappa shape index (κ2) is 5.96. The van der Waals surface area contributed by atoms with Crippen LogP contribution in [0, 0.1) is 0 Å². The summed E-state index contributed by atoms with van der Waals surface area (Å²) in [5.41, 5.74) is 5.62. The van der Waals surface area contributed by atoms with Crippen LogP contribution in [-0.4, -0.2) is 15.0 Å². The van der Waals surface area contributed by atoms with Crippen LogP contribution in [0.15, 0.2) is 40.6 Å². The van der Waals surface area contributed by atoms with Crippen molar-refractivity contribution in [1.29, 1.82) is 0 Å². The molecule has 0 radical (unpaired) electrons. The molecule has 0 saturated carbocycles. The maximum absolute atomic E-state index is 12.4. The molecule has 1 aromatic heterocycles. The van der Waals surface area contributed by atoms with Gasteiger partial charge in [0, 0.05) is 21.9 Å². The summed E-state index contributed by atoms with van der Waals surface area (Å²) in [6.07, 6.45) is 0. The first kappa shape index (κ1) is 16.3. The number of halogens is 1. The van der Waals surface area contributed by atoms with E-state index in [-0.39, 0.29) is 22.5 Å². The number of hydrogen-bond acceptors (Lipinski definition) is 4. The van der Waals surface area contributed by atoms with Gasteiger partial charge >= 0.3 is 0 Å². The molecule has 0 bridgehead atoms. The van der Waals surface area contributed by atoms with Gasteiger partial charge in [0.2, 0.25) is 10.0 Å². The summed E-state index contributed by atoms with van der Waals surface area (Å²) in [6.45, 7) is 4.26. The van der Waals surface area contributed by atoms with E-state index in [4.69, 9.17) is 17.3 Å². The summed E-state index contributed by atoms with van der Waals surface area (Å²) in [4.78, 5) is 1.13. The molecule has 1 aromatic carbocycles. The van der Waals surface area contributed by atoms with E-state index in [9.17, 15) is 8.42 Å². The van der Waals surface area contributed by atoms with Gasteiger partial charge in [0.05, 0.1) is 5.69 Å². The van der Waals surface area contributed by atoms with Crippen LogP contribution in [0.25, 0.3) is 0 Å². The van der Waals surface area contributed by atoms with Gasteiger partial charge in [-0.1, -0.05) is 31.5 Å².